The Morgan fingerprint density at radius 3 is 2.79 bits per heavy atom. The molecule has 1 aromatic rings. The van der Waals surface area contributed by atoms with Gasteiger partial charge in [0.15, 0.2) is 0 Å². The smallest absolute Gasteiger partial charge is 0.0238 e. The second-order valence-electron chi connectivity index (χ2n) is 6.16. The normalized spacial score (nSPS) is 29.2. The predicted octanol–water partition coefficient (Wildman–Crippen LogP) is 1.34. The highest BCUT2D eigenvalue weighted by Gasteiger charge is 2.25. The van der Waals surface area contributed by atoms with E-state index in [1.165, 1.54) is 43.7 Å². The Kier molecular flexibility index (Phi) is 3.87. The number of likely N-dealkylation sites (N-methyl/N-ethyl adjacent to an activating group) is 1. The average Bonchev–Trinajstić information content (AvgIpc) is 2.42. The Morgan fingerprint density at radius 1 is 1.21 bits per heavy atom. The van der Waals surface area contributed by atoms with Crippen molar-refractivity contribution in [1.82, 2.24) is 15.1 Å². The summed E-state index contributed by atoms with van der Waals surface area (Å²) in [5.41, 5.74) is 3.01. The molecule has 1 fully saturated rings. The molecule has 0 radical (unpaired) electrons. The van der Waals surface area contributed by atoms with Gasteiger partial charge in [-0.25, -0.2) is 0 Å². The van der Waals surface area contributed by atoms with Crippen molar-refractivity contribution in [2.24, 2.45) is 0 Å². The van der Waals surface area contributed by atoms with Crippen molar-refractivity contribution in [3.05, 3.63) is 35.4 Å². The molecule has 3 nitrogen and oxygen atoms in total. The number of fused-ring (bicyclic) bond motifs is 1. The van der Waals surface area contributed by atoms with Crippen LogP contribution in [0.2, 0.25) is 0 Å². The Labute approximate surface area is 116 Å². The lowest BCUT2D eigenvalue weighted by molar-refractivity contribution is 0.0893. The van der Waals surface area contributed by atoms with Gasteiger partial charge in [-0.05, 0) is 31.5 Å². The Balaban J connectivity index is 1.60. The molecule has 1 N–H and O–H groups in total. The molecule has 2 aliphatic rings. The third-order valence-corrected chi connectivity index (χ3v) is 4.59. The van der Waals surface area contributed by atoms with Crippen molar-refractivity contribution in [3.8, 4) is 0 Å². The van der Waals surface area contributed by atoms with Crippen LogP contribution < -0.4 is 5.32 Å². The Bertz CT molecular complexity index is 432. The molecule has 104 valence electrons. The first-order chi connectivity index (χ1) is 9.22. The molecule has 0 saturated carbocycles. The molecule has 0 bridgehead atoms. The van der Waals surface area contributed by atoms with Crippen LogP contribution in [0.5, 0.6) is 0 Å². The van der Waals surface area contributed by atoms with E-state index in [9.17, 15) is 0 Å². The van der Waals surface area contributed by atoms with Crippen LogP contribution in [0, 0.1) is 0 Å². The highest BCUT2D eigenvalue weighted by Crippen LogP contribution is 2.18. The van der Waals surface area contributed by atoms with Crippen LogP contribution >= 0.6 is 0 Å². The molecule has 2 aliphatic heterocycles. The standard InChI is InChI=1S/C16H25N3/c1-13-11-18(2)7-8-19(13)12-16-9-14-5-3-4-6-15(14)10-17-16/h3-6,13,16-17H,7-12H2,1-2H3. The lowest BCUT2D eigenvalue weighted by Gasteiger charge is -2.41. The van der Waals surface area contributed by atoms with Crippen LogP contribution in [0.25, 0.3) is 0 Å². The van der Waals surface area contributed by atoms with Crippen LogP contribution in [0.4, 0.5) is 0 Å². The van der Waals surface area contributed by atoms with E-state index in [1.54, 1.807) is 0 Å². The molecule has 0 amide bonds. The van der Waals surface area contributed by atoms with Crippen molar-refractivity contribution in [1.29, 1.82) is 0 Å². The van der Waals surface area contributed by atoms with Gasteiger partial charge in [0, 0.05) is 44.8 Å². The van der Waals surface area contributed by atoms with Crippen LogP contribution in [-0.2, 0) is 13.0 Å². The molecule has 0 spiro atoms. The quantitative estimate of drug-likeness (QED) is 0.864. The predicted molar refractivity (Wildman–Crippen MR) is 79.3 cm³/mol. The molecule has 0 aromatic heterocycles. The van der Waals surface area contributed by atoms with Crippen LogP contribution in [0.1, 0.15) is 18.1 Å². The van der Waals surface area contributed by atoms with Gasteiger partial charge >= 0.3 is 0 Å². The number of nitrogens with one attached hydrogen (secondary N) is 1. The molecular formula is C16H25N3. The maximum absolute atomic E-state index is 3.70. The Morgan fingerprint density at radius 2 is 2.00 bits per heavy atom. The molecular weight excluding hydrogens is 234 g/mol. The summed E-state index contributed by atoms with van der Waals surface area (Å²) in [5.74, 6) is 0. The molecule has 2 unspecified atom stereocenters. The summed E-state index contributed by atoms with van der Waals surface area (Å²) in [6.45, 7) is 8.17. The van der Waals surface area contributed by atoms with Crippen molar-refractivity contribution >= 4 is 0 Å². The zero-order valence-corrected chi connectivity index (χ0v) is 12.1. The maximum atomic E-state index is 3.70. The first kappa shape index (κ1) is 13.1. The molecule has 19 heavy (non-hydrogen) atoms. The lowest BCUT2D eigenvalue weighted by Crippen LogP contribution is -2.55. The molecule has 1 aromatic carbocycles. The molecule has 1 saturated heterocycles. The number of benzene rings is 1. The van der Waals surface area contributed by atoms with Gasteiger partial charge in [-0.1, -0.05) is 24.3 Å². The number of rotatable bonds is 2. The summed E-state index contributed by atoms with van der Waals surface area (Å²) in [6, 6.07) is 10.1. The van der Waals surface area contributed by atoms with E-state index >= 15 is 0 Å². The first-order valence-corrected chi connectivity index (χ1v) is 7.45. The van der Waals surface area contributed by atoms with Gasteiger partial charge in [0.2, 0.25) is 0 Å². The summed E-state index contributed by atoms with van der Waals surface area (Å²) in [6.07, 6.45) is 1.18. The number of hydrogen-bond acceptors (Lipinski definition) is 3. The van der Waals surface area contributed by atoms with E-state index in [0.717, 1.165) is 6.54 Å². The van der Waals surface area contributed by atoms with Gasteiger partial charge in [-0.2, -0.15) is 0 Å². The molecule has 2 atom stereocenters. The third kappa shape index (κ3) is 2.99. The van der Waals surface area contributed by atoms with E-state index in [0.29, 0.717) is 12.1 Å². The molecule has 3 heteroatoms. The number of piperazine rings is 1. The van der Waals surface area contributed by atoms with Gasteiger partial charge < -0.3 is 10.2 Å². The second-order valence-corrected chi connectivity index (χ2v) is 6.16. The fourth-order valence-corrected chi connectivity index (χ4v) is 3.38. The van der Waals surface area contributed by atoms with Crippen LogP contribution in [0.15, 0.2) is 24.3 Å². The van der Waals surface area contributed by atoms with E-state index in [2.05, 4.69) is 53.4 Å². The van der Waals surface area contributed by atoms with Crippen LogP contribution in [0.3, 0.4) is 0 Å². The summed E-state index contributed by atoms with van der Waals surface area (Å²) in [4.78, 5) is 5.08. The average molecular weight is 259 g/mol. The van der Waals surface area contributed by atoms with E-state index in [-0.39, 0.29) is 0 Å². The SMILES string of the molecule is CC1CN(C)CCN1CC1Cc2ccccc2CN1. The number of nitrogens with zero attached hydrogens (tertiary/aromatic N) is 2. The summed E-state index contributed by atoms with van der Waals surface area (Å²) < 4.78 is 0. The zero-order chi connectivity index (χ0) is 13.2. The minimum absolute atomic E-state index is 0.612. The highest BCUT2D eigenvalue weighted by molar-refractivity contribution is 5.30. The highest BCUT2D eigenvalue weighted by atomic mass is 15.3. The summed E-state index contributed by atoms with van der Waals surface area (Å²) >= 11 is 0. The topological polar surface area (TPSA) is 18.5 Å². The summed E-state index contributed by atoms with van der Waals surface area (Å²) in [5, 5.41) is 3.70. The van der Waals surface area contributed by atoms with Crippen molar-refractivity contribution in [2.75, 3.05) is 33.2 Å². The monoisotopic (exact) mass is 259 g/mol. The fraction of sp³-hybridized carbons (Fsp3) is 0.625. The molecule has 3 rings (SSSR count). The van der Waals surface area contributed by atoms with Gasteiger partial charge in [0.1, 0.15) is 0 Å². The van der Waals surface area contributed by atoms with Crippen molar-refractivity contribution in [2.45, 2.75) is 32.0 Å². The fourth-order valence-electron chi connectivity index (χ4n) is 3.38. The summed E-state index contributed by atoms with van der Waals surface area (Å²) in [7, 11) is 2.23. The van der Waals surface area contributed by atoms with E-state index in [1.807, 2.05) is 0 Å². The van der Waals surface area contributed by atoms with Gasteiger partial charge in [-0.3, -0.25) is 4.90 Å². The zero-order valence-electron chi connectivity index (χ0n) is 12.1. The van der Waals surface area contributed by atoms with E-state index in [4.69, 9.17) is 0 Å². The Hall–Kier alpha value is -0.900. The number of hydrogen-bond donors (Lipinski definition) is 1. The first-order valence-electron chi connectivity index (χ1n) is 7.45. The maximum Gasteiger partial charge on any atom is 0.0238 e. The minimum Gasteiger partial charge on any atom is -0.308 e. The molecule has 0 aliphatic carbocycles. The minimum atomic E-state index is 0.612. The second kappa shape index (κ2) is 5.61. The van der Waals surface area contributed by atoms with Crippen molar-refractivity contribution < 1.29 is 0 Å². The van der Waals surface area contributed by atoms with Gasteiger partial charge in [0.05, 0.1) is 0 Å². The largest absolute Gasteiger partial charge is 0.308 e. The van der Waals surface area contributed by atoms with Crippen molar-refractivity contribution in [3.63, 3.8) is 0 Å². The lowest BCUT2D eigenvalue weighted by atomic mass is 9.95. The van der Waals surface area contributed by atoms with Gasteiger partial charge in [-0.15, -0.1) is 0 Å². The molecule has 2 heterocycles. The van der Waals surface area contributed by atoms with Gasteiger partial charge in [0.25, 0.3) is 0 Å². The van der Waals surface area contributed by atoms with Crippen LogP contribution in [-0.4, -0.2) is 55.1 Å². The van der Waals surface area contributed by atoms with E-state index < -0.39 is 0 Å². The third-order valence-electron chi connectivity index (χ3n) is 4.59.